The number of amides is 1. The number of likely N-dealkylation sites (tertiary alicyclic amines) is 1. The predicted molar refractivity (Wildman–Crippen MR) is 88.8 cm³/mol. The Kier molecular flexibility index (Phi) is 4.87. The van der Waals surface area contributed by atoms with Gasteiger partial charge >= 0.3 is 0 Å². The van der Waals surface area contributed by atoms with Gasteiger partial charge in [-0.1, -0.05) is 17.7 Å². The van der Waals surface area contributed by atoms with Crippen LogP contribution in [0.15, 0.2) is 22.7 Å². The molecule has 2 fully saturated rings. The van der Waals surface area contributed by atoms with Crippen LogP contribution in [0, 0.1) is 5.92 Å². The molecule has 1 aliphatic heterocycles. The summed E-state index contributed by atoms with van der Waals surface area (Å²) in [6.45, 7) is 2.77. The van der Waals surface area contributed by atoms with Crippen molar-refractivity contribution in [2.75, 3.05) is 19.6 Å². The zero-order valence-electron chi connectivity index (χ0n) is 11.9. The van der Waals surface area contributed by atoms with Crippen molar-refractivity contribution in [1.82, 2.24) is 10.2 Å². The highest BCUT2D eigenvalue weighted by Crippen LogP contribution is 2.29. The van der Waals surface area contributed by atoms with Crippen molar-refractivity contribution in [3.63, 3.8) is 0 Å². The summed E-state index contributed by atoms with van der Waals surface area (Å²) in [6, 6.07) is 6.07. The summed E-state index contributed by atoms with van der Waals surface area (Å²) >= 11 is 9.60. The minimum Gasteiger partial charge on any atom is -0.338 e. The van der Waals surface area contributed by atoms with Gasteiger partial charge in [0.15, 0.2) is 0 Å². The zero-order chi connectivity index (χ0) is 14.8. The highest BCUT2D eigenvalue weighted by molar-refractivity contribution is 9.10. The summed E-state index contributed by atoms with van der Waals surface area (Å²) in [4.78, 5) is 14.5. The molecule has 1 aromatic rings. The number of hydrogen-bond acceptors (Lipinski definition) is 2. The largest absolute Gasteiger partial charge is 0.338 e. The quantitative estimate of drug-likeness (QED) is 0.875. The van der Waals surface area contributed by atoms with E-state index in [1.165, 1.54) is 12.8 Å². The summed E-state index contributed by atoms with van der Waals surface area (Å²) in [5.41, 5.74) is 0.593. The maximum absolute atomic E-state index is 12.6. The van der Waals surface area contributed by atoms with Gasteiger partial charge in [-0.05, 0) is 66.2 Å². The molecule has 0 aromatic heterocycles. The van der Waals surface area contributed by atoms with E-state index in [1.54, 1.807) is 6.07 Å². The van der Waals surface area contributed by atoms with Crippen molar-refractivity contribution in [3.8, 4) is 0 Å². The number of hydrogen-bond donors (Lipinski definition) is 1. The van der Waals surface area contributed by atoms with Crippen LogP contribution in [0.25, 0.3) is 0 Å². The lowest BCUT2D eigenvalue weighted by Gasteiger charge is -2.32. The number of rotatable bonds is 4. The first kappa shape index (κ1) is 15.3. The Morgan fingerprint density at radius 1 is 1.29 bits per heavy atom. The molecule has 1 heterocycles. The van der Waals surface area contributed by atoms with E-state index in [0.29, 0.717) is 16.6 Å². The third-order valence-electron chi connectivity index (χ3n) is 4.36. The number of benzene rings is 1. The lowest BCUT2D eigenvalue weighted by molar-refractivity contribution is 0.0705. The van der Waals surface area contributed by atoms with E-state index in [4.69, 9.17) is 11.6 Å². The van der Waals surface area contributed by atoms with Crippen molar-refractivity contribution in [3.05, 3.63) is 33.3 Å². The Morgan fingerprint density at radius 2 is 2.00 bits per heavy atom. The van der Waals surface area contributed by atoms with Crippen LogP contribution in [-0.4, -0.2) is 36.5 Å². The average molecular weight is 372 g/mol. The van der Waals surface area contributed by atoms with E-state index in [2.05, 4.69) is 21.2 Å². The molecule has 1 N–H and O–H groups in total. The topological polar surface area (TPSA) is 32.3 Å². The van der Waals surface area contributed by atoms with Crippen molar-refractivity contribution < 1.29 is 4.79 Å². The molecule has 0 unspecified atom stereocenters. The van der Waals surface area contributed by atoms with Gasteiger partial charge in [-0.25, -0.2) is 0 Å². The van der Waals surface area contributed by atoms with Gasteiger partial charge in [0.2, 0.25) is 0 Å². The monoisotopic (exact) mass is 370 g/mol. The molecule has 1 aromatic carbocycles. The SMILES string of the molecule is O=C(c1cccc(Br)c1Cl)N1CCC(NCC2CC2)CC1. The molecular formula is C16H20BrClN2O. The molecule has 5 heteroatoms. The van der Waals surface area contributed by atoms with Crippen LogP contribution in [-0.2, 0) is 0 Å². The molecular weight excluding hydrogens is 352 g/mol. The highest BCUT2D eigenvalue weighted by Gasteiger charge is 2.27. The Hall–Kier alpha value is -0.580. The molecule has 0 bridgehead atoms. The van der Waals surface area contributed by atoms with Crippen LogP contribution in [0.5, 0.6) is 0 Å². The van der Waals surface area contributed by atoms with E-state index >= 15 is 0 Å². The first-order valence-electron chi connectivity index (χ1n) is 7.62. The van der Waals surface area contributed by atoms with Gasteiger partial charge in [0.25, 0.3) is 5.91 Å². The van der Waals surface area contributed by atoms with Gasteiger partial charge < -0.3 is 10.2 Å². The van der Waals surface area contributed by atoms with Crippen LogP contribution in [0.4, 0.5) is 0 Å². The lowest BCUT2D eigenvalue weighted by atomic mass is 10.0. The van der Waals surface area contributed by atoms with Gasteiger partial charge in [-0.3, -0.25) is 4.79 Å². The van der Waals surface area contributed by atoms with E-state index in [0.717, 1.165) is 42.9 Å². The fourth-order valence-electron chi connectivity index (χ4n) is 2.78. The number of piperidine rings is 1. The lowest BCUT2D eigenvalue weighted by Crippen LogP contribution is -2.45. The smallest absolute Gasteiger partial charge is 0.255 e. The second-order valence-electron chi connectivity index (χ2n) is 6.02. The third kappa shape index (κ3) is 3.79. The van der Waals surface area contributed by atoms with Crippen LogP contribution in [0.1, 0.15) is 36.0 Å². The predicted octanol–water partition coefficient (Wildman–Crippen LogP) is 3.71. The molecule has 1 saturated carbocycles. The molecule has 1 amide bonds. The molecule has 0 atom stereocenters. The van der Waals surface area contributed by atoms with E-state index in [-0.39, 0.29) is 5.91 Å². The van der Waals surface area contributed by atoms with Gasteiger partial charge in [0.05, 0.1) is 10.6 Å². The van der Waals surface area contributed by atoms with Crippen molar-refractivity contribution in [2.45, 2.75) is 31.7 Å². The van der Waals surface area contributed by atoms with Crippen LogP contribution in [0.2, 0.25) is 5.02 Å². The maximum atomic E-state index is 12.6. The Bertz CT molecular complexity index is 525. The molecule has 3 rings (SSSR count). The second kappa shape index (κ2) is 6.67. The van der Waals surface area contributed by atoms with Gasteiger partial charge in [0, 0.05) is 23.6 Å². The average Bonchev–Trinajstić information content (AvgIpc) is 3.32. The maximum Gasteiger partial charge on any atom is 0.255 e. The number of nitrogens with one attached hydrogen (secondary N) is 1. The van der Waals surface area contributed by atoms with Gasteiger partial charge in [0.1, 0.15) is 0 Å². The molecule has 2 aliphatic rings. The number of nitrogens with zero attached hydrogens (tertiary/aromatic N) is 1. The fraction of sp³-hybridized carbons (Fsp3) is 0.562. The number of halogens is 2. The van der Waals surface area contributed by atoms with E-state index in [9.17, 15) is 4.79 Å². The molecule has 114 valence electrons. The normalized spacial score (nSPS) is 19.8. The van der Waals surface area contributed by atoms with Crippen LogP contribution < -0.4 is 5.32 Å². The van der Waals surface area contributed by atoms with Crippen molar-refractivity contribution in [1.29, 1.82) is 0 Å². The Labute approximate surface area is 139 Å². The summed E-state index contributed by atoms with van der Waals surface area (Å²) in [7, 11) is 0. The van der Waals surface area contributed by atoms with Crippen molar-refractivity contribution >= 4 is 33.4 Å². The molecule has 1 aliphatic carbocycles. The Morgan fingerprint density at radius 3 is 2.67 bits per heavy atom. The van der Waals surface area contributed by atoms with Gasteiger partial charge in [-0.15, -0.1) is 0 Å². The minimum absolute atomic E-state index is 0.0435. The molecule has 1 saturated heterocycles. The first-order chi connectivity index (χ1) is 10.1. The standard InChI is InChI=1S/C16H20BrClN2O/c17-14-3-1-2-13(15(14)18)16(21)20-8-6-12(7-9-20)19-10-11-4-5-11/h1-3,11-12,19H,4-10H2. The third-order valence-corrected chi connectivity index (χ3v) is 5.65. The zero-order valence-corrected chi connectivity index (χ0v) is 14.3. The summed E-state index contributed by atoms with van der Waals surface area (Å²) in [5.74, 6) is 0.951. The molecule has 0 spiro atoms. The highest BCUT2D eigenvalue weighted by atomic mass is 79.9. The van der Waals surface area contributed by atoms with E-state index in [1.807, 2.05) is 17.0 Å². The minimum atomic E-state index is 0.0435. The number of carbonyl (C=O) groups excluding carboxylic acids is 1. The van der Waals surface area contributed by atoms with Crippen molar-refractivity contribution in [2.24, 2.45) is 5.92 Å². The van der Waals surface area contributed by atoms with Crippen LogP contribution >= 0.6 is 27.5 Å². The molecule has 21 heavy (non-hydrogen) atoms. The molecule has 3 nitrogen and oxygen atoms in total. The second-order valence-corrected chi connectivity index (χ2v) is 7.25. The summed E-state index contributed by atoms with van der Waals surface area (Å²) < 4.78 is 0.774. The number of carbonyl (C=O) groups is 1. The van der Waals surface area contributed by atoms with E-state index < -0.39 is 0 Å². The molecule has 0 radical (unpaired) electrons. The first-order valence-corrected chi connectivity index (χ1v) is 8.79. The summed E-state index contributed by atoms with van der Waals surface area (Å²) in [5, 5.41) is 4.14. The fourth-order valence-corrected chi connectivity index (χ4v) is 3.35. The van der Waals surface area contributed by atoms with Crippen LogP contribution in [0.3, 0.4) is 0 Å². The Balaban J connectivity index is 1.55. The summed E-state index contributed by atoms with van der Waals surface area (Å²) in [6.07, 6.45) is 4.82. The van der Waals surface area contributed by atoms with Gasteiger partial charge in [-0.2, -0.15) is 0 Å².